The molecule has 4 rings (SSSR count). The predicted octanol–water partition coefficient (Wildman–Crippen LogP) is 6.71. The topological polar surface area (TPSA) is 67.4 Å². The molecule has 1 aliphatic rings. The number of nitrogens with one attached hydrogen (secondary N) is 2. The van der Waals surface area contributed by atoms with Crippen molar-refractivity contribution in [2.75, 3.05) is 11.6 Å². The van der Waals surface area contributed by atoms with Crippen molar-refractivity contribution < 1.29 is 14.3 Å². The number of carbonyl (C=O) groups is 2. The van der Waals surface area contributed by atoms with Gasteiger partial charge in [-0.1, -0.05) is 29.3 Å². The highest BCUT2D eigenvalue weighted by Gasteiger charge is 2.36. The van der Waals surface area contributed by atoms with Gasteiger partial charge in [0.25, 0.3) is 0 Å². The summed E-state index contributed by atoms with van der Waals surface area (Å²) in [6.45, 7) is 0. The Morgan fingerprint density at radius 2 is 1.82 bits per heavy atom. The van der Waals surface area contributed by atoms with E-state index in [1.165, 1.54) is 0 Å². The summed E-state index contributed by atoms with van der Waals surface area (Å²) in [6, 6.07) is 19.3. The number of ether oxygens (including phenoxy) is 1. The molecule has 1 unspecified atom stereocenters. The van der Waals surface area contributed by atoms with Gasteiger partial charge in [0.2, 0.25) is 11.8 Å². The van der Waals surface area contributed by atoms with Crippen LogP contribution >= 0.6 is 35.0 Å². The molecule has 0 aliphatic carbocycles. The standard InChI is InChI=1S/C25H22Cl2N2O3S/c1-33-19-8-6-18(7-9-19)32-22-11-5-16(27)14-21(22)24-20(10-12-23(30)29-24)25(31)28-17-4-2-3-15(26)13-17/h2-9,11,13-14,20,24H,10,12H2,1H3,(H,28,31)(H,29,30)/t20?,24-/m0/s1. The molecule has 0 radical (unpaired) electrons. The lowest BCUT2D eigenvalue weighted by molar-refractivity contribution is -0.128. The van der Waals surface area contributed by atoms with Crippen LogP contribution in [0, 0.1) is 5.92 Å². The summed E-state index contributed by atoms with van der Waals surface area (Å²) in [5.74, 6) is 0.337. The van der Waals surface area contributed by atoms with E-state index in [0.29, 0.717) is 39.2 Å². The molecular formula is C25H22Cl2N2O3S. The van der Waals surface area contributed by atoms with Crippen LogP contribution in [0.25, 0.3) is 0 Å². The van der Waals surface area contributed by atoms with E-state index < -0.39 is 12.0 Å². The van der Waals surface area contributed by atoms with Gasteiger partial charge in [-0.2, -0.15) is 0 Å². The summed E-state index contributed by atoms with van der Waals surface area (Å²) >= 11 is 14.0. The molecule has 8 heteroatoms. The molecule has 2 N–H and O–H groups in total. The van der Waals surface area contributed by atoms with E-state index in [2.05, 4.69) is 10.6 Å². The molecule has 1 fully saturated rings. The van der Waals surface area contributed by atoms with Crippen LogP contribution in [0.4, 0.5) is 5.69 Å². The van der Waals surface area contributed by atoms with E-state index in [-0.39, 0.29) is 18.2 Å². The maximum atomic E-state index is 13.2. The number of hydrogen-bond donors (Lipinski definition) is 2. The fourth-order valence-corrected chi connectivity index (χ4v) is 4.58. The molecule has 0 aromatic heterocycles. The first-order valence-electron chi connectivity index (χ1n) is 10.4. The Morgan fingerprint density at radius 1 is 1.06 bits per heavy atom. The third-order valence-corrected chi connectivity index (χ3v) is 6.64. The molecule has 3 aromatic rings. The Balaban J connectivity index is 1.64. The van der Waals surface area contributed by atoms with Crippen LogP contribution in [-0.4, -0.2) is 18.1 Å². The molecule has 3 aromatic carbocycles. The van der Waals surface area contributed by atoms with Crippen molar-refractivity contribution in [2.45, 2.75) is 23.8 Å². The number of carbonyl (C=O) groups excluding carboxylic acids is 2. The number of hydrogen-bond acceptors (Lipinski definition) is 4. The van der Waals surface area contributed by atoms with Gasteiger partial charge >= 0.3 is 0 Å². The summed E-state index contributed by atoms with van der Waals surface area (Å²) < 4.78 is 6.15. The average molecular weight is 501 g/mol. The van der Waals surface area contributed by atoms with Crippen molar-refractivity contribution in [3.05, 3.63) is 82.3 Å². The Morgan fingerprint density at radius 3 is 2.55 bits per heavy atom. The lowest BCUT2D eigenvalue weighted by atomic mass is 9.84. The molecule has 1 saturated heterocycles. The molecule has 2 atom stereocenters. The fraction of sp³-hybridized carbons (Fsp3) is 0.200. The second-order valence-electron chi connectivity index (χ2n) is 7.65. The van der Waals surface area contributed by atoms with Crippen molar-refractivity contribution in [3.8, 4) is 11.5 Å². The minimum atomic E-state index is -0.593. The third kappa shape index (κ3) is 5.82. The molecule has 33 heavy (non-hydrogen) atoms. The number of piperidine rings is 1. The van der Waals surface area contributed by atoms with Gasteiger partial charge < -0.3 is 15.4 Å². The van der Waals surface area contributed by atoms with Crippen LogP contribution in [-0.2, 0) is 9.59 Å². The molecule has 0 bridgehead atoms. The van der Waals surface area contributed by atoms with E-state index in [9.17, 15) is 9.59 Å². The molecule has 5 nitrogen and oxygen atoms in total. The van der Waals surface area contributed by atoms with Crippen LogP contribution < -0.4 is 15.4 Å². The molecule has 0 saturated carbocycles. The molecule has 1 aliphatic heterocycles. The first-order valence-corrected chi connectivity index (χ1v) is 12.4. The highest BCUT2D eigenvalue weighted by molar-refractivity contribution is 7.98. The van der Waals surface area contributed by atoms with Crippen molar-refractivity contribution in [1.82, 2.24) is 5.32 Å². The van der Waals surface area contributed by atoms with Crippen LogP contribution in [0.3, 0.4) is 0 Å². The van der Waals surface area contributed by atoms with Crippen molar-refractivity contribution in [2.24, 2.45) is 5.92 Å². The number of amides is 2. The fourth-order valence-electron chi connectivity index (χ4n) is 3.80. The highest BCUT2D eigenvalue weighted by atomic mass is 35.5. The SMILES string of the molecule is CSc1ccc(Oc2ccc(Cl)cc2[C@H]2NC(=O)CCC2C(=O)Nc2cccc(Cl)c2)cc1. The number of thioether (sulfide) groups is 1. The third-order valence-electron chi connectivity index (χ3n) is 5.42. The predicted molar refractivity (Wildman–Crippen MR) is 133 cm³/mol. The van der Waals surface area contributed by atoms with E-state index in [1.54, 1.807) is 54.2 Å². The second kappa shape index (κ2) is 10.5. The van der Waals surface area contributed by atoms with Gasteiger partial charge in [0, 0.05) is 32.6 Å². The molecule has 1 heterocycles. The normalized spacial score (nSPS) is 17.8. The average Bonchev–Trinajstić information content (AvgIpc) is 2.80. The first-order chi connectivity index (χ1) is 15.9. The molecule has 170 valence electrons. The van der Waals surface area contributed by atoms with E-state index in [1.807, 2.05) is 30.5 Å². The van der Waals surface area contributed by atoms with Gasteiger partial charge in [-0.3, -0.25) is 9.59 Å². The Labute approximate surface area is 206 Å². The zero-order chi connectivity index (χ0) is 23.4. The molecule has 2 amide bonds. The Hall–Kier alpha value is -2.67. The monoisotopic (exact) mass is 500 g/mol. The second-order valence-corrected chi connectivity index (χ2v) is 9.40. The van der Waals surface area contributed by atoms with E-state index in [0.717, 1.165) is 4.90 Å². The van der Waals surface area contributed by atoms with Crippen molar-refractivity contribution in [3.63, 3.8) is 0 Å². The number of halogens is 2. The van der Waals surface area contributed by atoms with Gasteiger partial charge in [0.05, 0.1) is 12.0 Å². The summed E-state index contributed by atoms with van der Waals surface area (Å²) in [6.07, 6.45) is 2.67. The minimum Gasteiger partial charge on any atom is -0.457 e. The van der Waals surface area contributed by atoms with Gasteiger partial charge in [-0.25, -0.2) is 0 Å². The lowest BCUT2D eigenvalue weighted by Gasteiger charge is -2.32. The summed E-state index contributed by atoms with van der Waals surface area (Å²) in [4.78, 5) is 26.6. The lowest BCUT2D eigenvalue weighted by Crippen LogP contribution is -2.43. The largest absolute Gasteiger partial charge is 0.457 e. The number of rotatable bonds is 6. The molecule has 0 spiro atoms. The molecular weight excluding hydrogens is 479 g/mol. The van der Waals surface area contributed by atoms with Crippen LogP contribution in [0.15, 0.2) is 71.6 Å². The zero-order valence-corrected chi connectivity index (χ0v) is 20.1. The van der Waals surface area contributed by atoms with Crippen LogP contribution in [0.1, 0.15) is 24.4 Å². The Bertz CT molecular complexity index is 1170. The van der Waals surface area contributed by atoms with Crippen LogP contribution in [0.5, 0.6) is 11.5 Å². The van der Waals surface area contributed by atoms with Gasteiger partial charge in [0.15, 0.2) is 0 Å². The zero-order valence-electron chi connectivity index (χ0n) is 17.8. The quantitative estimate of drug-likeness (QED) is 0.369. The van der Waals surface area contributed by atoms with E-state index in [4.69, 9.17) is 27.9 Å². The van der Waals surface area contributed by atoms with Gasteiger partial charge in [-0.05, 0) is 73.3 Å². The van der Waals surface area contributed by atoms with Gasteiger partial charge in [0.1, 0.15) is 11.5 Å². The van der Waals surface area contributed by atoms with E-state index >= 15 is 0 Å². The summed E-state index contributed by atoms with van der Waals surface area (Å²) in [5.41, 5.74) is 1.25. The maximum absolute atomic E-state index is 13.2. The first kappa shape index (κ1) is 23.5. The summed E-state index contributed by atoms with van der Waals surface area (Å²) in [5, 5.41) is 6.89. The highest BCUT2D eigenvalue weighted by Crippen LogP contribution is 2.39. The summed E-state index contributed by atoms with van der Waals surface area (Å²) in [7, 11) is 0. The van der Waals surface area contributed by atoms with Crippen LogP contribution in [0.2, 0.25) is 10.0 Å². The number of benzene rings is 3. The maximum Gasteiger partial charge on any atom is 0.229 e. The minimum absolute atomic E-state index is 0.123. The van der Waals surface area contributed by atoms with Crippen molar-refractivity contribution >= 4 is 52.5 Å². The van der Waals surface area contributed by atoms with Gasteiger partial charge in [-0.15, -0.1) is 11.8 Å². The Kier molecular flexibility index (Phi) is 7.48. The smallest absolute Gasteiger partial charge is 0.229 e. The number of anilines is 1. The van der Waals surface area contributed by atoms with Crippen molar-refractivity contribution in [1.29, 1.82) is 0 Å².